The zero-order valence-electron chi connectivity index (χ0n) is 23.5. The van der Waals surface area contributed by atoms with Crippen LogP contribution < -0.4 is 0 Å². The van der Waals surface area contributed by atoms with Crippen molar-refractivity contribution >= 4 is 8.56 Å². The highest BCUT2D eigenvalue weighted by molar-refractivity contribution is 6.66. The van der Waals surface area contributed by atoms with Gasteiger partial charge < -0.3 is 23.6 Å². The van der Waals surface area contributed by atoms with E-state index < -0.39 is 8.56 Å². The summed E-state index contributed by atoms with van der Waals surface area (Å²) in [6.45, 7) is 26.6. The van der Waals surface area contributed by atoms with Gasteiger partial charge in [0.05, 0.1) is 0 Å². The van der Waals surface area contributed by atoms with Gasteiger partial charge in [-0.2, -0.15) is 0 Å². The van der Waals surface area contributed by atoms with E-state index in [-0.39, 0.29) is 5.41 Å². The van der Waals surface area contributed by atoms with Crippen molar-refractivity contribution in [2.24, 2.45) is 5.41 Å². The van der Waals surface area contributed by atoms with E-state index in [4.69, 9.17) is 8.85 Å². The van der Waals surface area contributed by atoms with Crippen LogP contribution in [0.15, 0.2) is 0 Å². The number of nitrogens with zero attached hydrogens (tertiary/aromatic N) is 3. The second-order valence-electron chi connectivity index (χ2n) is 9.77. The Labute approximate surface area is 203 Å². The molecule has 0 saturated heterocycles. The summed E-state index contributed by atoms with van der Waals surface area (Å²) in [5.41, 5.74) is 0.260. The van der Waals surface area contributed by atoms with E-state index in [1.807, 2.05) is 14.2 Å². The molecule has 0 aromatic heterocycles. The van der Waals surface area contributed by atoms with Crippen LogP contribution >= 0.6 is 0 Å². The SMILES string of the molecule is CCCN(CC)CCC(CCN(CC)CCC)(CCN(CC)CCC)C[Si](C)(OC)OC. The van der Waals surface area contributed by atoms with Crippen molar-refractivity contribution in [3.05, 3.63) is 0 Å². The Bertz CT molecular complexity index is 390. The van der Waals surface area contributed by atoms with Crippen LogP contribution in [0.4, 0.5) is 0 Å². The molecule has 0 rings (SSSR count). The third-order valence-corrected chi connectivity index (χ3v) is 10.5. The Morgan fingerprint density at radius 1 is 0.562 bits per heavy atom. The molecule has 194 valence electrons. The first-order chi connectivity index (χ1) is 15.3. The first kappa shape index (κ1) is 32.0. The fraction of sp³-hybridized carbons (Fsp3) is 1.00. The minimum Gasteiger partial charge on any atom is -0.398 e. The molecule has 0 fully saturated rings. The molecule has 0 aliphatic rings. The van der Waals surface area contributed by atoms with Crippen LogP contribution in [0.25, 0.3) is 0 Å². The van der Waals surface area contributed by atoms with E-state index in [2.05, 4.69) is 62.8 Å². The van der Waals surface area contributed by atoms with Crippen LogP contribution in [0, 0.1) is 5.41 Å². The standard InChI is InChI=1S/C26H59N3O2Si/c1-10-19-27(13-4)22-16-26(25-32(9,30-7)31-8,17-23-28(14-5)20-11-2)18-24-29(15-6)21-12-3/h10-25H2,1-9H3. The second-order valence-corrected chi connectivity index (χ2v) is 13.2. The molecule has 0 aliphatic heterocycles. The van der Waals surface area contributed by atoms with Gasteiger partial charge in [-0.15, -0.1) is 0 Å². The van der Waals surface area contributed by atoms with Gasteiger partial charge in [0.25, 0.3) is 0 Å². The summed E-state index contributed by atoms with van der Waals surface area (Å²) >= 11 is 0. The quantitative estimate of drug-likeness (QED) is 0.188. The van der Waals surface area contributed by atoms with Gasteiger partial charge in [0.15, 0.2) is 0 Å². The molecule has 0 aromatic rings. The summed E-state index contributed by atoms with van der Waals surface area (Å²) in [5.74, 6) is 0. The van der Waals surface area contributed by atoms with E-state index in [9.17, 15) is 0 Å². The molecular formula is C26H59N3O2Si. The predicted molar refractivity (Wildman–Crippen MR) is 144 cm³/mol. The summed E-state index contributed by atoms with van der Waals surface area (Å²) in [5, 5.41) is 0. The zero-order valence-corrected chi connectivity index (χ0v) is 24.5. The van der Waals surface area contributed by atoms with E-state index in [1.165, 1.54) is 77.8 Å². The summed E-state index contributed by atoms with van der Waals surface area (Å²) in [6.07, 6.45) is 7.40. The van der Waals surface area contributed by atoms with Crippen LogP contribution in [0.5, 0.6) is 0 Å². The Morgan fingerprint density at radius 2 is 0.875 bits per heavy atom. The summed E-state index contributed by atoms with van der Waals surface area (Å²) in [4.78, 5) is 7.92. The fourth-order valence-corrected chi connectivity index (χ4v) is 7.32. The molecule has 0 aromatic carbocycles. The molecule has 0 unspecified atom stereocenters. The maximum Gasteiger partial charge on any atom is 0.334 e. The molecule has 0 atom stereocenters. The van der Waals surface area contributed by atoms with Crippen molar-refractivity contribution in [1.82, 2.24) is 14.7 Å². The number of rotatable bonds is 22. The third-order valence-electron chi connectivity index (χ3n) is 7.40. The topological polar surface area (TPSA) is 28.2 Å². The molecule has 32 heavy (non-hydrogen) atoms. The molecule has 0 aliphatic carbocycles. The van der Waals surface area contributed by atoms with Crippen LogP contribution in [0.2, 0.25) is 12.6 Å². The van der Waals surface area contributed by atoms with Gasteiger partial charge >= 0.3 is 8.56 Å². The lowest BCUT2D eigenvalue weighted by Gasteiger charge is -2.42. The normalized spacial score (nSPS) is 13.1. The van der Waals surface area contributed by atoms with Crippen LogP contribution in [0.3, 0.4) is 0 Å². The summed E-state index contributed by atoms with van der Waals surface area (Å²) in [7, 11) is 1.53. The first-order valence-corrected chi connectivity index (χ1v) is 16.1. The molecule has 6 heteroatoms. The number of hydrogen-bond acceptors (Lipinski definition) is 5. The Hall–Kier alpha value is 0.0169. The van der Waals surface area contributed by atoms with Gasteiger partial charge in [-0.1, -0.05) is 41.5 Å². The minimum atomic E-state index is -2.19. The average molecular weight is 474 g/mol. The zero-order chi connectivity index (χ0) is 24.5. The third kappa shape index (κ3) is 12.5. The maximum atomic E-state index is 6.06. The highest BCUT2D eigenvalue weighted by atomic mass is 28.4. The van der Waals surface area contributed by atoms with Gasteiger partial charge in [-0.3, -0.25) is 0 Å². The minimum absolute atomic E-state index is 0.260. The lowest BCUT2D eigenvalue weighted by Crippen LogP contribution is -2.46. The molecule has 0 N–H and O–H groups in total. The fourth-order valence-electron chi connectivity index (χ4n) is 4.97. The van der Waals surface area contributed by atoms with E-state index in [0.717, 1.165) is 25.7 Å². The molecule has 0 amide bonds. The molecular weight excluding hydrogens is 414 g/mol. The lowest BCUT2D eigenvalue weighted by atomic mass is 9.79. The molecule has 0 heterocycles. The van der Waals surface area contributed by atoms with Crippen molar-refractivity contribution in [3.8, 4) is 0 Å². The smallest absolute Gasteiger partial charge is 0.334 e. The van der Waals surface area contributed by atoms with Gasteiger partial charge in [-0.25, -0.2) is 0 Å². The van der Waals surface area contributed by atoms with Crippen molar-refractivity contribution in [3.63, 3.8) is 0 Å². The Balaban J connectivity index is 5.83. The van der Waals surface area contributed by atoms with Gasteiger partial charge in [0.1, 0.15) is 0 Å². The van der Waals surface area contributed by atoms with E-state index >= 15 is 0 Å². The monoisotopic (exact) mass is 473 g/mol. The molecule has 0 spiro atoms. The van der Waals surface area contributed by atoms with Crippen molar-refractivity contribution in [1.29, 1.82) is 0 Å². The van der Waals surface area contributed by atoms with E-state index in [0.29, 0.717) is 0 Å². The Morgan fingerprint density at radius 3 is 1.09 bits per heavy atom. The maximum absolute atomic E-state index is 6.06. The van der Waals surface area contributed by atoms with Crippen LogP contribution in [0.1, 0.15) is 80.1 Å². The first-order valence-electron chi connectivity index (χ1n) is 13.6. The second kappa shape index (κ2) is 18.4. The highest BCUT2D eigenvalue weighted by Crippen LogP contribution is 2.41. The van der Waals surface area contributed by atoms with Crippen LogP contribution in [-0.2, 0) is 8.85 Å². The highest BCUT2D eigenvalue weighted by Gasteiger charge is 2.42. The molecule has 5 nitrogen and oxygen atoms in total. The van der Waals surface area contributed by atoms with Gasteiger partial charge in [0, 0.05) is 14.2 Å². The number of hydrogen-bond donors (Lipinski definition) is 0. The lowest BCUT2D eigenvalue weighted by molar-refractivity contribution is 0.123. The van der Waals surface area contributed by atoms with Gasteiger partial charge in [0.2, 0.25) is 0 Å². The summed E-state index contributed by atoms with van der Waals surface area (Å²) < 4.78 is 12.1. The predicted octanol–water partition coefficient (Wildman–Crippen LogP) is 5.70. The van der Waals surface area contributed by atoms with E-state index in [1.54, 1.807) is 0 Å². The molecule has 0 bridgehead atoms. The summed E-state index contributed by atoms with van der Waals surface area (Å²) in [6, 6.07) is 1.09. The van der Waals surface area contributed by atoms with Crippen molar-refractivity contribution < 1.29 is 8.85 Å². The van der Waals surface area contributed by atoms with Gasteiger partial charge in [-0.05, 0) is 115 Å². The largest absolute Gasteiger partial charge is 0.398 e. The van der Waals surface area contributed by atoms with Crippen molar-refractivity contribution in [2.45, 2.75) is 92.7 Å². The Kier molecular flexibility index (Phi) is 18.4. The van der Waals surface area contributed by atoms with Crippen LogP contribution in [-0.4, -0.2) is 96.4 Å². The van der Waals surface area contributed by atoms with Crippen molar-refractivity contribution in [2.75, 3.05) is 73.1 Å². The molecule has 0 saturated carbocycles. The average Bonchev–Trinajstić information content (AvgIpc) is 2.81. The molecule has 0 radical (unpaired) electrons.